The Hall–Kier alpha value is -2.79. The van der Waals surface area contributed by atoms with Crippen LogP contribution in [0, 0.1) is 0 Å². The predicted molar refractivity (Wildman–Crippen MR) is 110 cm³/mol. The molecule has 0 bridgehead atoms. The molecule has 2 heterocycles. The fraction of sp³-hybridized carbons (Fsp3) is 0.348. The highest BCUT2D eigenvalue weighted by Crippen LogP contribution is 2.34. The number of aliphatic hydroxyl groups is 1. The number of nitrogens with zero attached hydrogens (tertiary/aromatic N) is 3. The van der Waals surface area contributed by atoms with Crippen LogP contribution in [0.3, 0.4) is 0 Å². The van der Waals surface area contributed by atoms with E-state index in [2.05, 4.69) is 35.2 Å². The van der Waals surface area contributed by atoms with Gasteiger partial charge in [-0.25, -0.2) is 4.68 Å². The summed E-state index contributed by atoms with van der Waals surface area (Å²) in [5, 5.41) is 14.4. The van der Waals surface area contributed by atoms with Crippen molar-refractivity contribution in [1.82, 2.24) is 9.78 Å². The fourth-order valence-electron chi connectivity index (χ4n) is 3.77. The molecule has 0 atom stereocenters. The van der Waals surface area contributed by atoms with Crippen LogP contribution in [0.2, 0.25) is 0 Å². The van der Waals surface area contributed by atoms with E-state index in [4.69, 9.17) is 9.84 Å². The zero-order valence-electron chi connectivity index (χ0n) is 15.9. The van der Waals surface area contributed by atoms with E-state index in [1.54, 1.807) is 0 Å². The number of hydrogen-bond acceptors (Lipinski definition) is 4. The quantitative estimate of drug-likeness (QED) is 0.702. The zero-order valence-corrected chi connectivity index (χ0v) is 15.9. The molecule has 144 valence electrons. The summed E-state index contributed by atoms with van der Waals surface area (Å²) in [6, 6.07) is 18.5. The molecule has 1 aliphatic carbocycles. The molecule has 5 nitrogen and oxygen atoms in total. The first-order chi connectivity index (χ1) is 13.8. The Kier molecular flexibility index (Phi) is 4.53. The lowest BCUT2D eigenvalue weighted by Gasteiger charge is -2.34. The lowest BCUT2D eigenvalue weighted by molar-refractivity contribution is 0.120. The van der Waals surface area contributed by atoms with Gasteiger partial charge in [-0.15, -0.1) is 0 Å². The van der Waals surface area contributed by atoms with Gasteiger partial charge in [0.2, 0.25) is 0 Å². The van der Waals surface area contributed by atoms with Crippen molar-refractivity contribution >= 4 is 5.69 Å². The summed E-state index contributed by atoms with van der Waals surface area (Å²) < 4.78 is 8.05. The molecule has 1 saturated heterocycles. The van der Waals surface area contributed by atoms with Crippen LogP contribution < -0.4 is 9.64 Å². The number of rotatable bonds is 6. The molecule has 5 heteroatoms. The third-order valence-electron chi connectivity index (χ3n) is 5.71. The van der Waals surface area contributed by atoms with Gasteiger partial charge in [-0.05, 0) is 56.0 Å². The van der Waals surface area contributed by atoms with Gasteiger partial charge in [0.25, 0.3) is 0 Å². The Morgan fingerprint density at radius 3 is 2.46 bits per heavy atom. The minimum absolute atomic E-state index is 0.0792. The van der Waals surface area contributed by atoms with Crippen molar-refractivity contribution in [2.75, 3.05) is 18.0 Å². The molecule has 1 saturated carbocycles. The highest BCUT2D eigenvalue weighted by atomic mass is 16.5. The van der Waals surface area contributed by atoms with E-state index in [0.29, 0.717) is 11.8 Å². The normalized spacial score (nSPS) is 16.5. The van der Waals surface area contributed by atoms with Gasteiger partial charge in [0, 0.05) is 18.7 Å². The third-order valence-corrected chi connectivity index (χ3v) is 5.71. The molecule has 0 radical (unpaired) electrons. The minimum Gasteiger partial charge on any atom is -0.490 e. The van der Waals surface area contributed by atoms with Crippen molar-refractivity contribution in [2.45, 2.75) is 38.4 Å². The highest BCUT2D eigenvalue weighted by Gasteiger charge is 2.22. The van der Waals surface area contributed by atoms with Crippen molar-refractivity contribution < 1.29 is 9.84 Å². The summed E-state index contributed by atoms with van der Waals surface area (Å²) in [4.78, 5) is 2.37. The Balaban J connectivity index is 1.56. The lowest BCUT2D eigenvalue weighted by atomic mass is 9.96. The Labute approximate surface area is 165 Å². The fourth-order valence-corrected chi connectivity index (χ4v) is 3.77. The van der Waals surface area contributed by atoms with Crippen LogP contribution in [0.25, 0.3) is 16.9 Å². The van der Waals surface area contributed by atoms with Crippen molar-refractivity contribution in [3.63, 3.8) is 0 Å². The number of hydrogen-bond donors (Lipinski definition) is 1. The van der Waals surface area contributed by atoms with Gasteiger partial charge < -0.3 is 14.7 Å². The van der Waals surface area contributed by atoms with E-state index in [-0.39, 0.29) is 6.61 Å². The maximum atomic E-state index is 9.71. The van der Waals surface area contributed by atoms with Gasteiger partial charge in [-0.1, -0.05) is 24.3 Å². The topological polar surface area (TPSA) is 50.5 Å². The molecule has 0 unspecified atom stereocenters. The Morgan fingerprint density at radius 1 is 0.964 bits per heavy atom. The molecular formula is C23H25N3O2. The van der Waals surface area contributed by atoms with Gasteiger partial charge in [0.15, 0.2) is 0 Å². The van der Waals surface area contributed by atoms with Crippen LogP contribution in [0.1, 0.15) is 31.4 Å². The molecule has 2 aliphatic rings. The van der Waals surface area contributed by atoms with Crippen LogP contribution in [-0.4, -0.2) is 34.1 Å². The zero-order chi connectivity index (χ0) is 18.9. The molecule has 3 aromatic rings. The summed E-state index contributed by atoms with van der Waals surface area (Å²) in [6.07, 6.45) is 5.10. The van der Waals surface area contributed by atoms with Gasteiger partial charge in [-0.3, -0.25) is 0 Å². The van der Waals surface area contributed by atoms with Gasteiger partial charge in [0.1, 0.15) is 5.75 Å². The van der Waals surface area contributed by atoms with Crippen LogP contribution in [0.4, 0.5) is 5.69 Å². The van der Waals surface area contributed by atoms with E-state index < -0.39 is 0 Å². The monoisotopic (exact) mass is 375 g/mol. The first-order valence-electron chi connectivity index (χ1n) is 10.1. The Bertz CT molecular complexity index is 973. The summed E-state index contributed by atoms with van der Waals surface area (Å²) in [6.45, 7) is 2.07. The molecule has 1 N–H and O–H groups in total. The number of ether oxygens (including phenoxy) is 1. The molecule has 0 amide bonds. The van der Waals surface area contributed by atoms with E-state index in [9.17, 15) is 5.11 Å². The number of benzene rings is 2. The van der Waals surface area contributed by atoms with Gasteiger partial charge in [0.05, 0.1) is 35.5 Å². The summed E-state index contributed by atoms with van der Waals surface area (Å²) in [5.74, 6) is 0.900. The number of para-hydroxylation sites is 2. The number of aromatic nitrogens is 2. The van der Waals surface area contributed by atoms with Gasteiger partial charge >= 0.3 is 0 Å². The highest BCUT2D eigenvalue weighted by molar-refractivity contribution is 5.70. The maximum absolute atomic E-state index is 9.71. The SMILES string of the molecule is OCc1cc(-c2cccc(OC3CCC3)c2)n(-c2ccccc2N2CCC2)n1. The maximum Gasteiger partial charge on any atom is 0.120 e. The summed E-state index contributed by atoms with van der Waals surface area (Å²) >= 11 is 0. The molecule has 28 heavy (non-hydrogen) atoms. The first-order valence-corrected chi connectivity index (χ1v) is 10.1. The van der Waals surface area contributed by atoms with Crippen molar-refractivity contribution in [3.8, 4) is 22.7 Å². The second-order valence-corrected chi connectivity index (χ2v) is 7.62. The van der Waals surface area contributed by atoms with E-state index >= 15 is 0 Å². The minimum atomic E-state index is -0.0792. The second-order valence-electron chi connectivity index (χ2n) is 7.62. The molecule has 1 aliphatic heterocycles. The standard InChI is InChI=1S/C23H25N3O2/c27-16-18-15-23(17-6-3-9-20(14-17)28-19-7-4-8-19)26(24-18)22-11-2-1-10-21(22)25-12-5-13-25/h1-3,6,9-11,14-15,19,27H,4-5,7-8,12-13,16H2. The van der Waals surface area contributed by atoms with Crippen LogP contribution >= 0.6 is 0 Å². The molecule has 0 spiro atoms. The van der Waals surface area contributed by atoms with E-state index in [1.165, 1.54) is 18.5 Å². The summed E-state index contributed by atoms with van der Waals surface area (Å²) in [7, 11) is 0. The number of anilines is 1. The van der Waals surface area contributed by atoms with E-state index in [1.807, 2.05) is 28.9 Å². The van der Waals surface area contributed by atoms with Crippen molar-refractivity contribution in [2.24, 2.45) is 0 Å². The van der Waals surface area contributed by atoms with Crippen LogP contribution in [0.5, 0.6) is 5.75 Å². The van der Waals surface area contributed by atoms with E-state index in [0.717, 1.165) is 48.6 Å². The predicted octanol–water partition coefficient (Wildman–Crippen LogP) is 4.17. The Morgan fingerprint density at radius 2 is 1.79 bits per heavy atom. The van der Waals surface area contributed by atoms with Gasteiger partial charge in [-0.2, -0.15) is 5.10 Å². The average Bonchev–Trinajstić information content (AvgIpc) is 3.09. The second kappa shape index (κ2) is 7.32. The lowest BCUT2D eigenvalue weighted by Crippen LogP contribution is -2.37. The number of aliphatic hydroxyl groups excluding tert-OH is 1. The molecular weight excluding hydrogens is 350 g/mol. The molecule has 2 fully saturated rings. The smallest absolute Gasteiger partial charge is 0.120 e. The third kappa shape index (κ3) is 3.16. The largest absolute Gasteiger partial charge is 0.490 e. The molecule has 1 aromatic heterocycles. The van der Waals surface area contributed by atoms with Crippen molar-refractivity contribution in [1.29, 1.82) is 0 Å². The summed E-state index contributed by atoms with van der Waals surface area (Å²) in [5.41, 5.74) is 4.91. The average molecular weight is 375 g/mol. The molecule has 2 aromatic carbocycles. The first kappa shape index (κ1) is 17.3. The van der Waals surface area contributed by atoms with Crippen molar-refractivity contribution in [3.05, 3.63) is 60.3 Å². The van der Waals surface area contributed by atoms with Crippen LogP contribution in [-0.2, 0) is 6.61 Å². The molecule has 5 rings (SSSR count). The van der Waals surface area contributed by atoms with Crippen LogP contribution in [0.15, 0.2) is 54.6 Å².